The fourth-order valence-electron chi connectivity index (χ4n) is 1.82. The predicted octanol–water partition coefficient (Wildman–Crippen LogP) is 4.93. The van der Waals surface area contributed by atoms with Crippen molar-refractivity contribution in [2.75, 3.05) is 5.32 Å². The van der Waals surface area contributed by atoms with Crippen molar-refractivity contribution in [2.24, 2.45) is 0 Å². The first-order valence-corrected chi connectivity index (χ1v) is 7.44. The fourth-order valence-corrected chi connectivity index (χ4v) is 2.31. The molecular weight excluding hydrogens is 328 g/mol. The molecule has 1 amide bonds. The monoisotopic (exact) mass is 341 g/mol. The largest absolute Gasteiger partial charge is 0.481 e. The molecule has 0 radical (unpaired) electrons. The van der Waals surface area contributed by atoms with Gasteiger partial charge in [-0.15, -0.1) is 0 Å². The number of ether oxygens (including phenoxy) is 1. The van der Waals surface area contributed by atoms with Gasteiger partial charge < -0.3 is 10.1 Å². The van der Waals surface area contributed by atoms with Crippen molar-refractivity contribution in [3.05, 3.63) is 58.3 Å². The number of halogens is 3. The smallest absolute Gasteiger partial charge is 0.265 e. The van der Waals surface area contributed by atoms with Gasteiger partial charge in [0.05, 0.1) is 15.7 Å². The highest BCUT2D eigenvalue weighted by molar-refractivity contribution is 6.39. The number of para-hydroxylation sites is 1. The van der Waals surface area contributed by atoms with Crippen molar-refractivity contribution >= 4 is 34.8 Å². The molecule has 0 aliphatic rings. The minimum Gasteiger partial charge on any atom is -0.481 e. The van der Waals surface area contributed by atoms with Crippen molar-refractivity contribution in [3.8, 4) is 5.75 Å². The maximum Gasteiger partial charge on any atom is 0.265 e. The van der Waals surface area contributed by atoms with Crippen LogP contribution in [0.15, 0.2) is 42.5 Å². The quantitative estimate of drug-likeness (QED) is 0.837. The van der Waals surface area contributed by atoms with Crippen LogP contribution in [0.1, 0.15) is 13.3 Å². The zero-order valence-corrected chi connectivity index (χ0v) is 13.3. The van der Waals surface area contributed by atoms with Gasteiger partial charge in [0.2, 0.25) is 0 Å². The lowest BCUT2D eigenvalue weighted by atomic mass is 10.2. The van der Waals surface area contributed by atoms with E-state index in [9.17, 15) is 9.18 Å². The SMILES string of the molecule is CCC(Oc1ccc(F)cc1)C(=O)Nc1c(Cl)cccc1Cl. The van der Waals surface area contributed by atoms with Gasteiger partial charge >= 0.3 is 0 Å². The Morgan fingerprint density at radius 1 is 1.18 bits per heavy atom. The van der Waals surface area contributed by atoms with Gasteiger partial charge in [0.25, 0.3) is 5.91 Å². The van der Waals surface area contributed by atoms with E-state index in [1.165, 1.54) is 24.3 Å². The van der Waals surface area contributed by atoms with Gasteiger partial charge in [-0.2, -0.15) is 0 Å². The van der Waals surface area contributed by atoms with E-state index < -0.39 is 6.10 Å². The van der Waals surface area contributed by atoms with Crippen molar-refractivity contribution in [2.45, 2.75) is 19.4 Å². The summed E-state index contributed by atoms with van der Waals surface area (Å²) in [5.74, 6) is -0.330. The molecule has 2 rings (SSSR count). The molecule has 116 valence electrons. The summed E-state index contributed by atoms with van der Waals surface area (Å²) < 4.78 is 18.4. The summed E-state index contributed by atoms with van der Waals surface area (Å²) in [7, 11) is 0. The summed E-state index contributed by atoms with van der Waals surface area (Å²) in [4.78, 5) is 12.3. The van der Waals surface area contributed by atoms with E-state index in [-0.39, 0.29) is 11.7 Å². The van der Waals surface area contributed by atoms with Gasteiger partial charge in [-0.05, 0) is 42.8 Å². The summed E-state index contributed by atoms with van der Waals surface area (Å²) in [6.45, 7) is 1.81. The molecule has 0 aliphatic carbocycles. The molecule has 0 heterocycles. The standard InChI is InChI=1S/C16H14Cl2FNO2/c1-2-14(22-11-8-6-10(19)7-9-11)16(21)20-15-12(17)4-3-5-13(15)18/h3-9,14H,2H2,1H3,(H,20,21). The second kappa shape index (κ2) is 7.47. The van der Waals surface area contributed by atoms with Gasteiger partial charge in [-0.3, -0.25) is 4.79 Å². The fraction of sp³-hybridized carbons (Fsp3) is 0.188. The van der Waals surface area contributed by atoms with Crippen LogP contribution in [-0.4, -0.2) is 12.0 Å². The third kappa shape index (κ3) is 4.12. The number of carbonyl (C=O) groups excluding carboxylic acids is 1. The molecule has 2 aromatic carbocycles. The van der Waals surface area contributed by atoms with Crippen LogP contribution in [0.3, 0.4) is 0 Å². The average molecular weight is 342 g/mol. The van der Waals surface area contributed by atoms with Crippen LogP contribution in [0.5, 0.6) is 5.75 Å². The van der Waals surface area contributed by atoms with Crippen molar-refractivity contribution < 1.29 is 13.9 Å². The van der Waals surface area contributed by atoms with Gasteiger partial charge in [0, 0.05) is 0 Å². The first-order valence-electron chi connectivity index (χ1n) is 6.68. The van der Waals surface area contributed by atoms with Gasteiger partial charge in [-0.25, -0.2) is 4.39 Å². The Morgan fingerprint density at radius 2 is 1.77 bits per heavy atom. The lowest BCUT2D eigenvalue weighted by molar-refractivity contribution is -0.122. The Morgan fingerprint density at radius 3 is 2.32 bits per heavy atom. The predicted molar refractivity (Wildman–Crippen MR) is 86.2 cm³/mol. The number of carbonyl (C=O) groups is 1. The lowest BCUT2D eigenvalue weighted by Gasteiger charge is -2.18. The molecule has 1 unspecified atom stereocenters. The molecule has 3 nitrogen and oxygen atoms in total. The number of anilines is 1. The molecule has 0 saturated carbocycles. The minimum absolute atomic E-state index is 0.344. The number of rotatable bonds is 5. The van der Waals surface area contributed by atoms with Crippen LogP contribution in [-0.2, 0) is 4.79 Å². The molecule has 1 N–H and O–H groups in total. The van der Waals surface area contributed by atoms with Crippen molar-refractivity contribution in [1.29, 1.82) is 0 Å². The van der Waals surface area contributed by atoms with E-state index in [2.05, 4.69) is 5.32 Å². The average Bonchev–Trinajstić information content (AvgIpc) is 2.50. The molecule has 0 aromatic heterocycles. The highest BCUT2D eigenvalue weighted by Gasteiger charge is 2.20. The van der Waals surface area contributed by atoms with E-state index in [0.29, 0.717) is 27.9 Å². The molecule has 6 heteroatoms. The number of hydrogen-bond acceptors (Lipinski definition) is 2. The summed E-state index contributed by atoms with van der Waals surface area (Å²) in [5.41, 5.74) is 0.344. The van der Waals surface area contributed by atoms with Crippen LogP contribution < -0.4 is 10.1 Å². The van der Waals surface area contributed by atoms with Gasteiger partial charge in [0.15, 0.2) is 6.10 Å². The van der Waals surface area contributed by atoms with Crippen LogP contribution in [0.4, 0.5) is 10.1 Å². The first kappa shape index (κ1) is 16.6. The van der Waals surface area contributed by atoms with Crippen molar-refractivity contribution in [1.82, 2.24) is 0 Å². The van der Waals surface area contributed by atoms with Crippen LogP contribution in [0, 0.1) is 5.82 Å². The van der Waals surface area contributed by atoms with E-state index in [1.807, 2.05) is 6.92 Å². The molecule has 22 heavy (non-hydrogen) atoms. The highest BCUT2D eigenvalue weighted by atomic mass is 35.5. The van der Waals surface area contributed by atoms with Crippen LogP contribution in [0.2, 0.25) is 10.0 Å². The maximum absolute atomic E-state index is 12.9. The third-order valence-electron chi connectivity index (χ3n) is 2.97. The zero-order valence-electron chi connectivity index (χ0n) is 11.8. The van der Waals surface area contributed by atoms with E-state index in [4.69, 9.17) is 27.9 Å². The number of benzene rings is 2. The van der Waals surface area contributed by atoms with Gasteiger partial charge in [-0.1, -0.05) is 36.2 Å². The molecule has 0 spiro atoms. The number of nitrogens with one attached hydrogen (secondary N) is 1. The summed E-state index contributed by atoms with van der Waals surface area (Å²) in [6.07, 6.45) is -0.302. The lowest BCUT2D eigenvalue weighted by Crippen LogP contribution is -2.32. The summed E-state index contributed by atoms with van der Waals surface area (Å²) >= 11 is 12.0. The van der Waals surface area contributed by atoms with E-state index >= 15 is 0 Å². The molecule has 2 aromatic rings. The Labute approximate surface area is 138 Å². The summed E-state index contributed by atoms with van der Waals surface area (Å²) in [6, 6.07) is 10.4. The second-order valence-electron chi connectivity index (χ2n) is 4.55. The molecule has 1 atom stereocenters. The Hall–Kier alpha value is -1.78. The topological polar surface area (TPSA) is 38.3 Å². The molecule has 0 fully saturated rings. The van der Waals surface area contributed by atoms with Gasteiger partial charge in [0.1, 0.15) is 11.6 Å². The summed E-state index contributed by atoms with van der Waals surface area (Å²) in [5, 5.41) is 3.35. The third-order valence-corrected chi connectivity index (χ3v) is 3.60. The minimum atomic E-state index is -0.738. The molecule has 0 saturated heterocycles. The second-order valence-corrected chi connectivity index (χ2v) is 5.37. The van der Waals surface area contributed by atoms with Crippen LogP contribution in [0.25, 0.3) is 0 Å². The molecule has 0 aliphatic heterocycles. The van der Waals surface area contributed by atoms with Crippen molar-refractivity contribution in [3.63, 3.8) is 0 Å². The Kier molecular flexibility index (Phi) is 5.63. The number of hydrogen-bond donors (Lipinski definition) is 1. The normalized spacial score (nSPS) is 11.8. The highest BCUT2D eigenvalue weighted by Crippen LogP contribution is 2.30. The number of amides is 1. The molecule has 0 bridgehead atoms. The first-order chi connectivity index (χ1) is 10.5. The maximum atomic E-state index is 12.9. The molecular formula is C16H14Cl2FNO2. The van der Waals surface area contributed by atoms with Crippen LogP contribution >= 0.6 is 23.2 Å². The van der Waals surface area contributed by atoms with E-state index in [1.54, 1.807) is 18.2 Å². The Balaban J connectivity index is 2.10. The Bertz CT molecular complexity index is 641. The zero-order chi connectivity index (χ0) is 16.1. The van der Waals surface area contributed by atoms with E-state index in [0.717, 1.165) is 0 Å².